The molecule has 0 fully saturated rings. The second-order valence-corrected chi connectivity index (χ2v) is 6.51. The molecule has 122 valence electrons. The number of nitrogens with zero attached hydrogens (tertiary/aromatic N) is 1. The minimum absolute atomic E-state index is 0.173. The number of amides is 1. The molecule has 0 saturated heterocycles. The Morgan fingerprint density at radius 1 is 1.17 bits per heavy atom. The Bertz CT molecular complexity index is 841. The van der Waals surface area contributed by atoms with Gasteiger partial charge in [-0.15, -0.1) is 11.3 Å². The van der Waals surface area contributed by atoms with Crippen molar-refractivity contribution in [3.8, 4) is 16.3 Å². The highest BCUT2D eigenvalue weighted by Gasteiger charge is 2.15. The fourth-order valence-corrected chi connectivity index (χ4v) is 3.22. The van der Waals surface area contributed by atoms with E-state index in [9.17, 15) is 4.79 Å². The molecule has 1 aromatic carbocycles. The fourth-order valence-electron chi connectivity index (χ4n) is 2.35. The predicted molar refractivity (Wildman–Crippen MR) is 97.9 cm³/mol. The van der Waals surface area contributed by atoms with Gasteiger partial charge in [0.15, 0.2) is 0 Å². The van der Waals surface area contributed by atoms with Crippen molar-refractivity contribution in [2.24, 2.45) is 0 Å². The van der Waals surface area contributed by atoms with E-state index in [2.05, 4.69) is 10.3 Å². The summed E-state index contributed by atoms with van der Waals surface area (Å²) in [4.78, 5) is 19.2. The molecular weight excluding hydrogens is 320 g/mol. The fraction of sp³-hybridized carbons (Fsp3) is 0.158. The number of carbonyl (C=O) groups is 1. The van der Waals surface area contributed by atoms with Crippen LogP contribution in [0.2, 0.25) is 0 Å². The van der Waals surface area contributed by atoms with Gasteiger partial charge >= 0.3 is 0 Å². The Morgan fingerprint density at radius 3 is 2.62 bits per heavy atom. The Hall–Kier alpha value is -2.66. The zero-order chi connectivity index (χ0) is 16.9. The van der Waals surface area contributed by atoms with Crippen molar-refractivity contribution < 1.29 is 9.53 Å². The third-order valence-electron chi connectivity index (χ3n) is 3.45. The Kier molecular flexibility index (Phi) is 4.91. The summed E-state index contributed by atoms with van der Waals surface area (Å²) in [7, 11) is 0. The van der Waals surface area contributed by atoms with Crippen molar-refractivity contribution in [3.05, 3.63) is 65.2 Å². The van der Waals surface area contributed by atoms with Gasteiger partial charge in [-0.1, -0.05) is 0 Å². The number of carbonyl (C=O) groups excluding carboxylic acids is 1. The van der Waals surface area contributed by atoms with Gasteiger partial charge in [0.05, 0.1) is 22.7 Å². The van der Waals surface area contributed by atoms with E-state index in [4.69, 9.17) is 4.74 Å². The number of hydrogen-bond acceptors (Lipinski definition) is 4. The Labute approximate surface area is 145 Å². The average Bonchev–Trinajstić information content (AvgIpc) is 3.03. The molecule has 0 radical (unpaired) electrons. The zero-order valence-corrected chi connectivity index (χ0v) is 14.4. The number of thiophene rings is 1. The van der Waals surface area contributed by atoms with Crippen LogP contribution in [0.3, 0.4) is 0 Å². The standard InChI is InChI=1S/C19H18N2O2S/c1-3-23-15-9-7-14(8-10-15)21-19(22)16-5-4-12-20-18(16)17-11-6-13(2)24-17/h4-12H,3H2,1-2H3,(H,21,22). The molecule has 0 bridgehead atoms. The molecule has 0 aliphatic carbocycles. The molecule has 0 spiro atoms. The molecule has 3 rings (SSSR count). The molecule has 0 aliphatic rings. The first-order valence-corrected chi connectivity index (χ1v) is 8.55. The minimum atomic E-state index is -0.173. The van der Waals surface area contributed by atoms with E-state index < -0.39 is 0 Å². The predicted octanol–water partition coefficient (Wildman–Crippen LogP) is 4.77. The first-order chi connectivity index (χ1) is 11.7. The smallest absolute Gasteiger partial charge is 0.257 e. The molecule has 0 saturated carbocycles. The molecule has 3 aromatic rings. The molecule has 24 heavy (non-hydrogen) atoms. The van der Waals surface area contributed by atoms with Gasteiger partial charge in [-0.25, -0.2) is 0 Å². The normalized spacial score (nSPS) is 10.4. The average molecular weight is 338 g/mol. The summed E-state index contributed by atoms with van der Waals surface area (Å²) in [5.41, 5.74) is 1.99. The first kappa shape index (κ1) is 16.2. The van der Waals surface area contributed by atoms with Crippen LogP contribution in [0, 0.1) is 6.92 Å². The van der Waals surface area contributed by atoms with Crippen LogP contribution in [0.15, 0.2) is 54.7 Å². The third kappa shape index (κ3) is 3.63. The van der Waals surface area contributed by atoms with Crippen molar-refractivity contribution in [2.75, 3.05) is 11.9 Å². The second kappa shape index (κ2) is 7.27. The van der Waals surface area contributed by atoms with Gasteiger partial charge in [-0.05, 0) is 62.4 Å². The Morgan fingerprint density at radius 2 is 1.96 bits per heavy atom. The van der Waals surface area contributed by atoms with Gasteiger partial charge in [-0.2, -0.15) is 0 Å². The summed E-state index contributed by atoms with van der Waals surface area (Å²) >= 11 is 1.63. The van der Waals surface area contributed by atoms with E-state index in [-0.39, 0.29) is 5.91 Å². The summed E-state index contributed by atoms with van der Waals surface area (Å²) in [6.07, 6.45) is 1.71. The largest absolute Gasteiger partial charge is 0.494 e. The third-order valence-corrected chi connectivity index (χ3v) is 4.46. The van der Waals surface area contributed by atoms with E-state index in [1.165, 1.54) is 4.88 Å². The van der Waals surface area contributed by atoms with E-state index in [1.807, 2.05) is 50.2 Å². The molecule has 0 aliphatic heterocycles. The van der Waals surface area contributed by atoms with Crippen molar-refractivity contribution in [2.45, 2.75) is 13.8 Å². The van der Waals surface area contributed by atoms with Gasteiger partial charge < -0.3 is 10.1 Å². The number of nitrogens with one attached hydrogen (secondary N) is 1. The number of aryl methyl sites for hydroxylation is 1. The number of benzene rings is 1. The van der Waals surface area contributed by atoms with Crippen LogP contribution in [-0.4, -0.2) is 17.5 Å². The summed E-state index contributed by atoms with van der Waals surface area (Å²) in [5.74, 6) is 0.611. The van der Waals surface area contributed by atoms with Crippen LogP contribution in [0.5, 0.6) is 5.75 Å². The molecule has 5 heteroatoms. The number of aromatic nitrogens is 1. The maximum atomic E-state index is 12.6. The van der Waals surface area contributed by atoms with Gasteiger partial charge in [0.25, 0.3) is 5.91 Å². The van der Waals surface area contributed by atoms with Crippen LogP contribution in [-0.2, 0) is 0 Å². The van der Waals surface area contributed by atoms with Crippen molar-refractivity contribution in [3.63, 3.8) is 0 Å². The molecule has 2 heterocycles. The summed E-state index contributed by atoms with van der Waals surface area (Å²) in [6, 6.07) is 14.9. The number of hydrogen-bond donors (Lipinski definition) is 1. The molecule has 0 atom stereocenters. The maximum Gasteiger partial charge on any atom is 0.257 e. The van der Waals surface area contributed by atoms with Crippen LogP contribution in [0.25, 0.3) is 10.6 Å². The van der Waals surface area contributed by atoms with Crippen LogP contribution >= 0.6 is 11.3 Å². The SMILES string of the molecule is CCOc1ccc(NC(=O)c2cccnc2-c2ccc(C)s2)cc1. The molecule has 4 nitrogen and oxygen atoms in total. The van der Waals surface area contributed by atoms with E-state index in [0.29, 0.717) is 17.9 Å². The summed E-state index contributed by atoms with van der Waals surface area (Å²) in [6.45, 7) is 4.59. The number of pyridine rings is 1. The lowest BCUT2D eigenvalue weighted by atomic mass is 10.1. The van der Waals surface area contributed by atoms with Gasteiger partial charge in [-0.3, -0.25) is 9.78 Å². The van der Waals surface area contributed by atoms with Crippen molar-refractivity contribution >= 4 is 22.9 Å². The highest BCUT2D eigenvalue weighted by molar-refractivity contribution is 7.15. The van der Waals surface area contributed by atoms with Crippen LogP contribution in [0.4, 0.5) is 5.69 Å². The number of rotatable bonds is 5. The van der Waals surface area contributed by atoms with Gasteiger partial charge in [0.1, 0.15) is 5.75 Å². The first-order valence-electron chi connectivity index (χ1n) is 7.73. The van der Waals surface area contributed by atoms with E-state index >= 15 is 0 Å². The molecule has 1 N–H and O–H groups in total. The topological polar surface area (TPSA) is 51.2 Å². The summed E-state index contributed by atoms with van der Waals surface area (Å²) < 4.78 is 5.41. The quantitative estimate of drug-likeness (QED) is 0.729. The lowest BCUT2D eigenvalue weighted by Gasteiger charge is -2.09. The number of ether oxygens (including phenoxy) is 1. The van der Waals surface area contributed by atoms with Crippen LogP contribution in [0.1, 0.15) is 22.2 Å². The molecule has 1 amide bonds. The monoisotopic (exact) mass is 338 g/mol. The zero-order valence-electron chi connectivity index (χ0n) is 13.6. The highest BCUT2D eigenvalue weighted by Crippen LogP contribution is 2.29. The van der Waals surface area contributed by atoms with Crippen molar-refractivity contribution in [1.82, 2.24) is 4.98 Å². The lowest BCUT2D eigenvalue weighted by Crippen LogP contribution is -2.13. The molecule has 2 aromatic heterocycles. The minimum Gasteiger partial charge on any atom is -0.494 e. The molecule has 0 unspecified atom stereocenters. The maximum absolute atomic E-state index is 12.6. The van der Waals surface area contributed by atoms with E-state index in [0.717, 1.165) is 16.3 Å². The van der Waals surface area contributed by atoms with Gasteiger partial charge in [0, 0.05) is 16.8 Å². The van der Waals surface area contributed by atoms with Crippen molar-refractivity contribution in [1.29, 1.82) is 0 Å². The molecular formula is C19H18N2O2S. The highest BCUT2D eigenvalue weighted by atomic mass is 32.1. The van der Waals surface area contributed by atoms with E-state index in [1.54, 1.807) is 29.7 Å². The number of anilines is 1. The Balaban J connectivity index is 1.83. The lowest BCUT2D eigenvalue weighted by molar-refractivity contribution is 0.102. The van der Waals surface area contributed by atoms with Gasteiger partial charge in [0.2, 0.25) is 0 Å². The van der Waals surface area contributed by atoms with Crippen LogP contribution < -0.4 is 10.1 Å². The second-order valence-electron chi connectivity index (χ2n) is 5.22. The summed E-state index contributed by atoms with van der Waals surface area (Å²) in [5, 5.41) is 2.91.